The first kappa shape index (κ1) is 11.3. The number of hydrogen-bond donors (Lipinski definition) is 1. The van der Waals surface area contributed by atoms with Gasteiger partial charge in [0.25, 0.3) is 0 Å². The van der Waals surface area contributed by atoms with Gasteiger partial charge in [0.1, 0.15) is 12.7 Å². The molecular formula is C11H13N5O. The monoisotopic (exact) mass is 231 g/mol. The lowest BCUT2D eigenvalue weighted by Crippen LogP contribution is -2.17. The zero-order valence-corrected chi connectivity index (χ0v) is 9.45. The Labute approximate surface area is 98.7 Å². The number of pyridine rings is 1. The van der Waals surface area contributed by atoms with Gasteiger partial charge in [-0.3, -0.25) is 9.78 Å². The van der Waals surface area contributed by atoms with Gasteiger partial charge in [-0.05, 0) is 19.1 Å². The van der Waals surface area contributed by atoms with E-state index in [0.29, 0.717) is 12.1 Å². The van der Waals surface area contributed by atoms with Crippen LogP contribution in [0.1, 0.15) is 19.4 Å². The average Bonchev–Trinajstić information content (AvgIpc) is 2.83. The van der Waals surface area contributed by atoms with E-state index in [9.17, 15) is 4.79 Å². The molecule has 2 aromatic rings. The van der Waals surface area contributed by atoms with E-state index in [1.165, 1.54) is 6.33 Å². The summed E-state index contributed by atoms with van der Waals surface area (Å²) in [6, 6.07) is 3.55. The molecule has 0 aromatic carbocycles. The number of hydrogen-bond acceptors (Lipinski definition) is 4. The third-order valence-corrected chi connectivity index (χ3v) is 2.31. The van der Waals surface area contributed by atoms with E-state index in [1.807, 2.05) is 6.92 Å². The van der Waals surface area contributed by atoms with Gasteiger partial charge in [0, 0.05) is 12.6 Å². The molecule has 0 bridgehead atoms. The second-order valence-corrected chi connectivity index (χ2v) is 3.72. The first-order chi connectivity index (χ1) is 8.25. The molecule has 2 aromatic heterocycles. The summed E-state index contributed by atoms with van der Waals surface area (Å²) in [6.45, 7) is 1.91. The molecular weight excluding hydrogens is 218 g/mol. The van der Waals surface area contributed by atoms with Crippen LogP contribution in [-0.4, -0.2) is 25.7 Å². The van der Waals surface area contributed by atoms with E-state index in [1.54, 1.807) is 35.5 Å². The van der Waals surface area contributed by atoms with Crippen LogP contribution in [0.2, 0.25) is 0 Å². The van der Waals surface area contributed by atoms with Crippen molar-refractivity contribution in [1.29, 1.82) is 0 Å². The number of carbonyl (C=O) groups is 1. The molecule has 0 radical (unpaired) electrons. The first-order valence-corrected chi connectivity index (χ1v) is 5.29. The smallest absolute Gasteiger partial charge is 0.226 e. The zero-order chi connectivity index (χ0) is 12.1. The lowest BCUT2D eigenvalue weighted by molar-refractivity contribution is -0.116. The van der Waals surface area contributed by atoms with Crippen molar-refractivity contribution >= 4 is 11.6 Å². The molecule has 0 saturated heterocycles. The fourth-order valence-corrected chi connectivity index (χ4v) is 1.46. The number of anilines is 1. The highest BCUT2D eigenvalue weighted by Gasteiger charge is 2.11. The Kier molecular flexibility index (Phi) is 3.44. The van der Waals surface area contributed by atoms with Gasteiger partial charge in [-0.25, -0.2) is 9.67 Å². The van der Waals surface area contributed by atoms with Gasteiger partial charge in [0.05, 0.1) is 17.9 Å². The minimum atomic E-state index is -0.0685. The second kappa shape index (κ2) is 5.20. The summed E-state index contributed by atoms with van der Waals surface area (Å²) >= 11 is 0. The van der Waals surface area contributed by atoms with Gasteiger partial charge >= 0.3 is 0 Å². The summed E-state index contributed by atoms with van der Waals surface area (Å²) in [4.78, 5) is 19.5. The first-order valence-electron chi connectivity index (χ1n) is 5.29. The molecule has 0 spiro atoms. The highest BCUT2D eigenvalue weighted by Crippen LogP contribution is 2.10. The van der Waals surface area contributed by atoms with Gasteiger partial charge < -0.3 is 5.32 Å². The highest BCUT2D eigenvalue weighted by atomic mass is 16.1. The molecule has 0 aliphatic heterocycles. The van der Waals surface area contributed by atoms with Crippen LogP contribution in [0.15, 0.2) is 37.2 Å². The molecule has 88 valence electrons. The van der Waals surface area contributed by atoms with Crippen LogP contribution in [0, 0.1) is 0 Å². The van der Waals surface area contributed by atoms with Crippen LogP contribution >= 0.6 is 0 Å². The van der Waals surface area contributed by atoms with Crippen LogP contribution in [0.25, 0.3) is 0 Å². The van der Waals surface area contributed by atoms with Crippen molar-refractivity contribution in [3.63, 3.8) is 0 Å². The molecule has 17 heavy (non-hydrogen) atoms. The van der Waals surface area contributed by atoms with Crippen LogP contribution < -0.4 is 5.32 Å². The van der Waals surface area contributed by atoms with Gasteiger partial charge in [-0.15, -0.1) is 0 Å². The maximum atomic E-state index is 11.7. The molecule has 2 rings (SSSR count). The second-order valence-electron chi connectivity index (χ2n) is 3.72. The van der Waals surface area contributed by atoms with E-state index >= 15 is 0 Å². The number of carbonyl (C=O) groups excluding carboxylic acids is 1. The fraction of sp³-hybridized carbons (Fsp3) is 0.273. The Morgan fingerprint density at radius 3 is 3.06 bits per heavy atom. The standard InChI is InChI=1S/C11H13N5O/c1-9(16-8-13-7-14-16)5-11(17)15-10-3-2-4-12-6-10/h2-4,6-9H,5H2,1H3,(H,15,17)/t9-/m1/s1. The summed E-state index contributed by atoms with van der Waals surface area (Å²) in [5, 5.41) is 6.76. The van der Waals surface area contributed by atoms with Crippen LogP contribution in [0.3, 0.4) is 0 Å². The SMILES string of the molecule is C[C@H](CC(=O)Nc1cccnc1)n1cncn1. The zero-order valence-electron chi connectivity index (χ0n) is 9.45. The van der Waals surface area contributed by atoms with Crippen molar-refractivity contribution in [3.05, 3.63) is 37.2 Å². The topological polar surface area (TPSA) is 72.7 Å². The number of amides is 1. The third kappa shape index (κ3) is 3.10. The van der Waals surface area contributed by atoms with E-state index in [2.05, 4.69) is 20.4 Å². The Morgan fingerprint density at radius 2 is 2.41 bits per heavy atom. The molecule has 0 fully saturated rings. The van der Waals surface area contributed by atoms with Crippen LogP contribution in [0.4, 0.5) is 5.69 Å². The number of nitrogens with zero attached hydrogens (tertiary/aromatic N) is 4. The van der Waals surface area contributed by atoms with Gasteiger partial charge in [0.2, 0.25) is 5.91 Å². The summed E-state index contributed by atoms with van der Waals surface area (Å²) in [5.74, 6) is -0.0685. The molecule has 1 atom stereocenters. The fourth-order valence-electron chi connectivity index (χ4n) is 1.46. The molecule has 0 unspecified atom stereocenters. The summed E-state index contributed by atoms with van der Waals surface area (Å²) < 4.78 is 1.66. The highest BCUT2D eigenvalue weighted by molar-refractivity contribution is 5.90. The number of aromatic nitrogens is 4. The van der Waals surface area contributed by atoms with Crippen LogP contribution in [0.5, 0.6) is 0 Å². The van der Waals surface area contributed by atoms with E-state index < -0.39 is 0 Å². The molecule has 0 saturated carbocycles. The van der Waals surface area contributed by atoms with E-state index in [0.717, 1.165) is 0 Å². The third-order valence-electron chi connectivity index (χ3n) is 2.31. The van der Waals surface area contributed by atoms with Crippen molar-refractivity contribution in [3.8, 4) is 0 Å². The van der Waals surface area contributed by atoms with Crippen molar-refractivity contribution in [2.24, 2.45) is 0 Å². The van der Waals surface area contributed by atoms with Crippen molar-refractivity contribution in [2.75, 3.05) is 5.32 Å². The summed E-state index contributed by atoms with van der Waals surface area (Å²) in [7, 11) is 0. The largest absolute Gasteiger partial charge is 0.325 e. The lowest BCUT2D eigenvalue weighted by Gasteiger charge is -2.11. The predicted molar refractivity (Wildman–Crippen MR) is 62.2 cm³/mol. The number of rotatable bonds is 4. The minimum absolute atomic E-state index is 0.0193. The van der Waals surface area contributed by atoms with Gasteiger partial charge in [-0.1, -0.05) is 0 Å². The van der Waals surface area contributed by atoms with Gasteiger partial charge in [0.15, 0.2) is 0 Å². The number of nitrogens with one attached hydrogen (secondary N) is 1. The summed E-state index contributed by atoms with van der Waals surface area (Å²) in [6.07, 6.45) is 6.67. The maximum Gasteiger partial charge on any atom is 0.226 e. The normalized spacial score (nSPS) is 12.1. The molecule has 1 N–H and O–H groups in total. The van der Waals surface area contributed by atoms with Crippen molar-refractivity contribution in [2.45, 2.75) is 19.4 Å². The molecule has 6 heteroatoms. The summed E-state index contributed by atoms with van der Waals surface area (Å²) in [5.41, 5.74) is 0.697. The Balaban J connectivity index is 1.90. The van der Waals surface area contributed by atoms with Gasteiger partial charge in [-0.2, -0.15) is 5.10 Å². The Bertz CT molecular complexity index is 468. The van der Waals surface area contributed by atoms with E-state index in [4.69, 9.17) is 0 Å². The molecule has 2 heterocycles. The lowest BCUT2D eigenvalue weighted by atomic mass is 10.2. The Hall–Kier alpha value is -2.24. The van der Waals surface area contributed by atoms with Crippen LogP contribution in [-0.2, 0) is 4.79 Å². The molecule has 0 aliphatic carbocycles. The maximum absolute atomic E-state index is 11.7. The van der Waals surface area contributed by atoms with Crippen molar-refractivity contribution < 1.29 is 4.79 Å². The molecule has 0 aliphatic rings. The Morgan fingerprint density at radius 1 is 1.53 bits per heavy atom. The van der Waals surface area contributed by atoms with Crippen molar-refractivity contribution in [1.82, 2.24) is 19.7 Å². The quantitative estimate of drug-likeness (QED) is 0.859. The molecule has 6 nitrogen and oxygen atoms in total. The molecule has 1 amide bonds. The van der Waals surface area contributed by atoms with E-state index in [-0.39, 0.29) is 11.9 Å². The minimum Gasteiger partial charge on any atom is -0.325 e. The average molecular weight is 231 g/mol. The predicted octanol–water partition coefficient (Wildman–Crippen LogP) is 1.26.